The molecule has 3 aliphatic heterocycles. The molecule has 146 valence electrons. The van der Waals surface area contributed by atoms with Crippen LogP contribution >= 0.6 is 0 Å². The Bertz CT molecular complexity index is 1200. The van der Waals surface area contributed by atoms with Gasteiger partial charge in [0.25, 0.3) is 5.91 Å². The van der Waals surface area contributed by atoms with Gasteiger partial charge in [0.2, 0.25) is 11.6 Å². The summed E-state index contributed by atoms with van der Waals surface area (Å²) in [6.07, 6.45) is 1.50. The van der Waals surface area contributed by atoms with Crippen LogP contribution in [0.4, 0.5) is 5.69 Å². The Morgan fingerprint density at radius 1 is 1.07 bits per heavy atom. The molecule has 0 radical (unpaired) electrons. The zero-order valence-corrected chi connectivity index (χ0v) is 15.8. The number of rotatable bonds is 1. The quantitative estimate of drug-likeness (QED) is 0.591. The van der Waals surface area contributed by atoms with Crippen molar-refractivity contribution in [1.82, 2.24) is 14.8 Å². The average molecular weight is 388 g/mol. The maximum Gasteiger partial charge on any atom is 0.276 e. The smallest absolute Gasteiger partial charge is 0.276 e. The van der Waals surface area contributed by atoms with Gasteiger partial charge in [-0.05, 0) is 23.3 Å². The number of aliphatic hydroxyl groups is 1. The molecule has 2 saturated heterocycles. The summed E-state index contributed by atoms with van der Waals surface area (Å²) in [6, 6.07) is 15.9. The minimum Gasteiger partial charge on any atom is -0.364 e. The van der Waals surface area contributed by atoms with Crippen molar-refractivity contribution < 1.29 is 14.7 Å². The van der Waals surface area contributed by atoms with E-state index in [9.17, 15) is 14.7 Å². The van der Waals surface area contributed by atoms with E-state index in [2.05, 4.69) is 10.3 Å². The highest BCUT2D eigenvalue weighted by Crippen LogP contribution is 2.59. The zero-order chi connectivity index (χ0) is 20.0. The number of piperazine rings is 1. The Balaban J connectivity index is 1.67. The van der Waals surface area contributed by atoms with Crippen LogP contribution in [-0.4, -0.2) is 57.2 Å². The van der Waals surface area contributed by atoms with Gasteiger partial charge in [-0.25, -0.2) is 0 Å². The molecule has 2 aromatic carbocycles. The summed E-state index contributed by atoms with van der Waals surface area (Å²) >= 11 is 0. The molecule has 0 saturated carbocycles. The maximum absolute atomic E-state index is 13.0. The summed E-state index contributed by atoms with van der Waals surface area (Å²) in [5, 5.41) is 16.0. The number of fused-ring (bicyclic) bond motifs is 6. The number of hydrogen-bond donors (Lipinski definition) is 3. The average Bonchev–Trinajstić information content (AvgIpc) is 3.34. The molecule has 1 aromatic heterocycles. The maximum atomic E-state index is 13.0. The molecule has 3 N–H and O–H groups in total. The summed E-state index contributed by atoms with van der Waals surface area (Å²) in [7, 11) is 1.56. The lowest BCUT2D eigenvalue weighted by Crippen LogP contribution is -2.67. The predicted octanol–water partition coefficient (Wildman–Crippen LogP) is 1.60. The van der Waals surface area contributed by atoms with Crippen molar-refractivity contribution in [2.24, 2.45) is 0 Å². The molecule has 7 nitrogen and oxygen atoms in total. The van der Waals surface area contributed by atoms with Gasteiger partial charge >= 0.3 is 0 Å². The van der Waals surface area contributed by atoms with Gasteiger partial charge in [-0.1, -0.05) is 36.4 Å². The number of para-hydroxylation sites is 2. The Morgan fingerprint density at radius 2 is 1.83 bits per heavy atom. The van der Waals surface area contributed by atoms with Crippen molar-refractivity contribution in [2.45, 2.75) is 23.7 Å². The van der Waals surface area contributed by atoms with E-state index in [-0.39, 0.29) is 18.9 Å². The number of carbonyl (C=O) groups is 2. The van der Waals surface area contributed by atoms with Gasteiger partial charge in [-0.3, -0.25) is 14.5 Å². The molecule has 3 atom stereocenters. The van der Waals surface area contributed by atoms with Crippen LogP contribution in [-0.2, 0) is 15.0 Å². The number of hydrogen-bond acceptors (Lipinski definition) is 4. The van der Waals surface area contributed by atoms with E-state index in [1.54, 1.807) is 7.05 Å². The van der Waals surface area contributed by atoms with Gasteiger partial charge in [0.1, 0.15) is 6.17 Å². The van der Waals surface area contributed by atoms with E-state index >= 15 is 0 Å². The van der Waals surface area contributed by atoms with Crippen LogP contribution in [0, 0.1) is 0 Å². The van der Waals surface area contributed by atoms with Crippen molar-refractivity contribution in [2.75, 3.05) is 18.9 Å². The SMILES string of the molecule is CN1CC(=O)N2[C@H]3Nc4ccccc4[C@@]3(c3c[nH]c4ccccc34)C[C@@]2(O)C1=O. The van der Waals surface area contributed by atoms with Crippen LogP contribution in [0.15, 0.2) is 54.7 Å². The van der Waals surface area contributed by atoms with Gasteiger partial charge in [-0.15, -0.1) is 0 Å². The molecular formula is C22H20N4O3. The number of anilines is 1. The van der Waals surface area contributed by atoms with Gasteiger partial charge in [0, 0.05) is 36.3 Å². The molecule has 2 amide bonds. The molecule has 3 aromatic rings. The highest BCUT2D eigenvalue weighted by molar-refractivity contribution is 5.99. The number of amides is 2. The van der Waals surface area contributed by atoms with Crippen molar-refractivity contribution >= 4 is 28.4 Å². The van der Waals surface area contributed by atoms with Gasteiger partial charge < -0.3 is 20.3 Å². The third-order valence-corrected chi connectivity index (χ3v) is 6.75. The van der Waals surface area contributed by atoms with Crippen LogP contribution in [0.1, 0.15) is 17.5 Å². The lowest BCUT2D eigenvalue weighted by Gasteiger charge is -2.42. The first kappa shape index (κ1) is 16.6. The van der Waals surface area contributed by atoms with Crippen molar-refractivity contribution in [1.29, 1.82) is 0 Å². The van der Waals surface area contributed by atoms with Crippen LogP contribution in [0.2, 0.25) is 0 Å². The highest BCUT2D eigenvalue weighted by Gasteiger charge is 2.70. The third kappa shape index (κ3) is 1.81. The first-order valence-electron chi connectivity index (χ1n) is 9.69. The molecular weight excluding hydrogens is 368 g/mol. The standard InChI is InChI=1S/C22H20N4O3/c1-25-11-18(27)26-19-21(12-22(26,29)20(25)28,14-7-3-5-9-17(14)24-19)15-10-23-16-8-4-2-6-13(15)16/h2-10,19,23-24,29H,11-12H2,1H3/t19-,21-,22-/m1/s1. The number of benzene rings is 2. The van der Waals surface area contributed by atoms with Crippen LogP contribution in [0.25, 0.3) is 10.9 Å². The Morgan fingerprint density at radius 3 is 2.69 bits per heavy atom. The Hall–Kier alpha value is -3.32. The molecule has 0 unspecified atom stereocenters. The van der Waals surface area contributed by atoms with Crippen molar-refractivity contribution in [3.8, 4) is 0 Å². The molecule has 2 fully saturated rings. The van der Waals surface area contributed by atoms with Gasteiger partial charge in [0.05, 0.1) is 12.0 Å². The van der Waals surface area contributed by atoms with Gasteiger partial charge in [-0.2, -0.15) is 0 Å². The lowest BCUT2D eigenvalue weighted by molar-refractivity contribution is -0.188. The second-order valence-corrected chi connectivity index (χ2v) is 8.23. The van der Waals surface area contributed by atoms with E-state index in [1.165, 1.54) is 9.80 Å². The predicted molar refractivity (Wildman–Crippen MR) is 107 cm³/mol. The van der Waals surface area contributed by atoms with Gasteiger partial charge in [0.15, 0.2) is 0 Å². The molecule has 4 heterocycles. The first-order valence-corrected chi connectivity index (χ1v) is 9.69. The number of aromatic nitrogens is 1. The second kappa shape index (κ2) is 5.18. The topological polar surface area (TPSA) is 88.7 Å². The molecule has 7 heteroatoms. The van der Waals surface area contributed by atoms with E-state index < -0.39 is 23.2 Å². The van der Waals surface area contributed by atoms with E-state index in [4.69, 9.17) is 0 Å². The molecule has 0 aliphatic carbocycles. The van der Waals surface area contributed by atoms with Crippen LogP contribution in [0.5, 0.6) is 0 Å². The number of H-pyrrole nitrogens is 1. The minimum atomic E-state index is -1.88. The molecule has 0 bridgehead atoms. The van der Waals surface area contributed by atoms with Crippen LogP contribution in [0.3, 0.4) is 0 Å². The number of aromatic amines is 1. The van der Waals surface area contributed by atoms with E-state index in [0.29, 0.717) is 0 Å². The third-order valence-electron chi connectivity index (χ3n) is 6.75. The van der Waals surface area contributed by atoms with Crippen LogP contribution < -0.4 is 5.32 Å². The largest absolute Gasteiger partial charge is 0.364 e. The fourth-order valence-electron chi connectivity index (χ4n) is 5.59. The fourth-order valence-corrected chi connectivity index (χ4v) is 5.59. The molecule has 6 rings (SSSR count). The normalized spacial score (nSPS) is 30.3. The summed E-state index contributed by atoms with van der Waals surface area (Å²) in [5.74, 6) is -0.702. The minimum absolute atomic E-state index is 0.0420. The summed E-state index contributed by atoms with van der Waals surface area (Å²) in [5.41, 5.74) is 1.23. The number of likely N-dealkylation sites (N-methyl/N-ethyl adjacent to an activating group) is 1. The Kier molecular flexibility index (Phi) is 2.97. The van der Waals surface area contributed by atoms with E-state index in [0.717, 1.165) is 27.7 Å². The summed E-state index contributed by atoms with van der Waals surface area (Å²) < 4.78 is 0. The first-order chi connectivity index (χ1) is 14.0. The molecule has 3 aliphatic rings. The van der Waals surface area contributed by atoms with E-state index in [1.807, 2.05) is 54.7 Å². The highest BCUT2D eigenvalue weighted by atomic mass is 16.3. The zero-order valence-electron chi connectivity index (χ0n) is 15.8. The summed E-state index contributed by atoms with van der Waals surface area (Å²) in [6.45, 7) is -0.0420. The molecule has 29 heavy (non-hydrogen) atoms. The fraction of sp³-hybridized carbons (Fsp3) is 0.273. The molecule has 0 spiro atoms. The summed E-state index contributed by atoms with van der Waals surface area (Å²) in [4.78, 5) is 32.1. The van der Waals surface area contributed by atoms with Crippen molar-refractivity contribution in [3.05, 3.63) is 65.9 Å². The monoisotopic (exact) mass is 388 g/mol. The lowest BCUT2D eigenvalue weighted by atomic mass is 9.71. The number of nitrogens with zero attached hydrogens (tertiary/aromatic N) is 2. The van der Waals surface area contributed by atoms with Crippen molar-refractivity contribution in [3.63, 3.8) is 0 Å². The number of nitrogens with one attached hydrogen (secondary N) is 2. The Labute approximate surface area is 166 Å². The number of carbonyl (C=O) groups excluding carboxylic acids is 2. The second-order valence-electron chi connectivity index (χ2n) is 8.23.